The lowest BCUT2D eigenvalue weighted by Gasteiger charge is -2.58. The molecule has 1 unspecified atom stereocenters. The summed E-state index contributed by atoms with van der Waals surface area (Å²) in [6.07, 6.45) is -11.4. The van der Waals surface area contributed by atoms with Gasteiger partial charge in [-0.05, 0) is 130 Å². The van der Waals surface area contributed by atoms with Crippen molar-refractivity contribution in [3.63, 3.8) is 0 Å². The third kappa shape index (κ3) is 10.5. The predicted octanol–water partition coefficient (Wildman–Crippen LogP) is 3.08. The van der Waals surface area contributed by atoms with E-state index in [1.165, 1.54) is 19.4 Å². The summed E-state index contributed by atoms with van der Waals surface area (Å²) in [4.78, 5) is 2.28. The van der Waals surface area contributed by atoms with Crippen LogP contribution in [0.2, 0.25) is 0 Å². The van der Waals surface area contributed by atoms with Gasteiger partial charge in [0, 0.05) is 37.1 Å². The third-order valence-corrected chi connectivity index (χ3v) is 21.6. The summed E-state index contributed by atoms with van der Waals surface area (Å²) in [6.45, 7) is 12.1. The predicted molar refractivity (Wildman–Crippen MR) is 281 cm³/mol. The van der Waals surface area contributed by atoms with E-state index in [2.05, 4.69) is 38.5 Å². The van der Waals surface area contributed by atoms with Gasteiger partial charge in [0.15, 0.2) is 18.9 Å². The van der Waals surface area contributed by atoms with Crippen LogP contribution in [0.1, 0.15) is 99.3 Å². The summed E-state index contributed by atoms with van der Waals surface area (Å²) in [7, 11) is 0.162. The number of hydrogen-bond acceptors (Lipinski definition) is 18. The number of fused-ring (bicyclic) bond motifs is 8. The second-order valence-electron chi connectivity index (χ2n) is 25.0. The van der Waals surface area contributed by atoms with E-state index in [0.29, 0.717) is 59.3 Å². The Morgan fingerprint density at radius 1 is 0.740 bits per heavy atom. The van der Waals surface area contributed by atoms with Gasteiger partial charge in [-0.15, -0.1) is 0 Å². The summed E-state index contributed by atoms with van der Waals surface area (Å²) in [5.74, 6) is 2.42. The summed E-state index contributed by atoms with van der Waals surface area (Å²) >= 11 is 0. The summed E-state index contributed by atoms with van der Waals surface area (Å²) in [5.41, 5.74) is 2.34. The average molecular weight is 1100 g/mol. The molecule has 4 heterocycles. The molecule has 9 N–H and O–H groups in total. The molecule has 4 aliphatic heterocycles. The van der Waals surface area contributed by atoms with Crippen molar-refractivity contribution in [2.45, 2.75) is 215 Å². The van der Waals surface area contributed by atoms with E-state index >= 15 is 0 Å². The minimum absolute atomic E-state index is 0.0735. The first-order valence-electron chi connectivity index (χ1n) is 28.3. The SMILES string of the molecule is C[C@H](CCC1O[C@H]2C[C@H]3[C@@H]4CC=C5C[C@@H](O[C@@H]6O[C@H](CO)[C@@H](O[C@@H]7O[C@@H](C)[C@H](O)[C@@H](O)[C@H]7O)[C@H](O)[C@H]6O[C@@H]6O[C@@H](C)[C@H](O)[C@@H](O)[C@H]6O)CC[C@]5(C)[C@H]4CC[C@]3(C)[C@H]2[C@@H]1C)CNS(=O)(=O)c1cccc2c(N(C)C)cccc12. The highest BCUT2D eigenvalue weighted by Gasteiger charge is 2.65. The smallest absolute Gasteiger partial charge is 0.241 e. The number of nitrogens with one attached hydrogen (secondary N) is 1. The molecule has 0 spiro atoms. The van der Waals surface area contributed by atoms with Gasteiger partial charge < -0.3 is 78.9 Å². The van der Waals surface area contributed by atoms with E-state index in [0.717, 1.165) is 56.0 Å². The van der Waals surface area contributed by atoms with Crippen LogP contribution in [0, 0.1) is 46.3 Å². The van der Waals surface area contributed by atoms with Gasteiger partial charge in [0.25, 0.3) is 0 Å². The number of aliphatic hydroxyl groups excluding tert-OH is 8. The van der Waals surface area contributed by atoms with Crippen LogP contribution < -0.4 is 9.62 Å². The van der Waals surface area contributed by atoms with Crippen LogP contribution >= 0.6 is 0 Å². The summed E-state index contributed by atoms with van der Waals surface area (Å²) in [5, 5.41) is 88.0. The summed E-state index contributed by atoms with van der Waals surface area (Å²) in [6, 6.07) is 11.2. The first kappa shape index (κ1) is 57.8. The van der Waals surface area contributed by atoms with E-state index in [1.54, 1.807) is 12.1 Å². The molecule has 2 aromatic carbocycles. The van der Waals surface area contributed by atoms with Gasteiger partial charge in [0.05, 0.1) is 42.0 Å². The standard InChI is InChI=1S/C57H86N2O17S/c1-27(25-58-77(68,69)42-14-10-11-33-34(42)12-9-13-38(33)59(7)8)15-18-39-28(2)43-40(73-39)24-37-35-17-16-31-23-32(19-21-56(31,5)36(35)20-22-57(37,43)6)72-55-52(76-54-49(66)47(64)45(62)30(4)71-54)50(67)51(41(26-60)74-55)75-53-48(65)46(63)44(61)29(3)70-53/h9-14,16,27-30,32,35-37,39-41,43-55,58,60-67H,15,17-26H2,1-8H3/t27-,28-,29+,30+,32+,35-,36+,37+,39?,40+,41-,43+,44+,45+,46-,47-,48-,49-,50+,51-,52-,53+,54+,55-,56+,57+/m1/s1. The maximum atomic E-state index is 13.7. The lowest BCUT2D eigenvalue weighted by molar-refractivity contribution is -0.388. The first-order valence-corrected chi connectivity index (χ1v) is 29.8. The Hall–Kier alpha value is -2.45. The zero-order valence-electron chi connectivity index (χ0n) is 45.8. The van der Waals surface area contributed by atoms with Crippen molar-refractivity contribution in [1.29, 1.82) is 0 Å². The number of allylic oxidation sites excluding steroid dienone is 1. The molecule has 10 rings (SSSR count). The van der Waals surface area contributed by atoms with Crippen molar-refractivity contribution < 1.29 is 82.4 Å². The van der Waals surface area contributed by atoms with E-state index in [-0.39, 0.29) is 29.0 Å². The van der Waals surface area contributed by atoms with E-state index in [4.69, 9.17) is 33.2 Å². The monoisotopic (exact) mass is 1100 g/mol. The fourth-order valence-corrected chi connectivity index (χ4v) is 17.1. The Morgan fingerprint density at radius 3 is 2.05 bits per heavy atom. The number of anilines is 1. The molecule has 2 aromatic rings. The number of aliphatic hydroxyl groups is 8. The van der Waals surface area contributed by atoms with Crippen LogP contribution in [0.3, 0.4) is 0 Å². The molecule has 0 radical (unpaired) electrons. The number of nitrogens with zero attached hydrogens (tertiary/aromatic N) is 1. The third-order valence-electron chi connectivity index (χ3n) is 20.2. The molecule has 77 heavy (non-hydrogen) atoms. The van der Waals surface area contributed by atoms with Gasteiger partial charge in [0.1, 0.15) is 61.0 Å². The number of ether oxygens (including phenoxy) is 7. The van der Waals surface area contributed by atoms with Gasteiger partial charge in [-0.25, -0.2) is 13.1 Å². The second kappa shape index (κ2) is 22.4. The maximum Gasteiger partial charge on any atom is 0.241 e. The number of rotatable bonds is 15. The Labute approximate surface area is 453 Å². The van der Waals surface area contributed by atoms with Crippen molar-refractivity contribution in [2.75, 3.05) is 32.1 Å². The van der Waals surface area contributed by atoms with Crippen LogP contribution in [-0.4, -0.2) is 187 Å². The number of hydrogen-bond donors (Lipinski definition) is 9. The number of benzene rings is 2. The minimum Gasteiger partial charge on any atom is -0.394 e. The Morgan fingerprint density at radius 2 is 1.39 bits per heavy atom. The molecular weight excluding hydrogens is 1020 g/mol. The molecule has 4 aliphatic carbocycles. The van der Waals surface area contributed by atoms with Crippen LogP contribution in [0.25, 0.3) is 10.8 Å². The molecule has 0 amide bonds. The van der Waals surface area contributed by atoms with E-state index in [1.807, 2.05) is 43.3 Å². The quantitative estimate of drug-likeness (QED) is 0.116. The molecule has 4 saturated heterocycles. The molecule has 0 aromatic heterocycles. The minimum atomic E-state index is -3.75. The molecule has 3 saturated carbocycles. The van der Waals surface area contributed by atoms with Crippen LogP contribution in [0.15, 0.2) is 52.9 Å². The van der Waals surface area contributed by atoms with Crippen LogP contribution in [-0.2, 0) is 43.2 Å². The average Bonchev–Trinajstić information content (AvgIpc) is 3.95. The Balaban J connectivity index is 0.776. The molecule has 432 valence electrons. The highest BCUT2D eigenvalue weighted by Crippen LogP contribution is 2.69. The van der Waals surface area contributed by atoms with Crippen LogP contribution in [0.4, 0.5) is 5.69 Å². The molecule has 8 aliphatic rings. The van der Waals surface area contributed by atoms with Gasteiger partial charge >= 0.3 is 0 Å². The molecule has 0 bridgehead atoms. The van der Waals surface area contributed by atoms with Crippen molar-refractivity contribution >= 4 is 26.5 Å². The molecule has 26 atom stereocenters. The summed E-state index contributed by atoms with van der Waals surface area (Å²) < 4.78 is 74.2. The zero-order valence-corrected chi connectivity index (χ0v) is 46.6. The molecule has 20 heteroatoms. The highest BCUT2D eigenvalue weighted by molar-refractivity contribution is 7.89. The fourth-order valence-electron chi connectivity index (χ4n) is 15.7. The van der Waals surface area contributed by atoms with Gasteiger partial charge in [-0.1, -0.05) is 63.6 Å². The normalized spacial score (nSPS) is 46.4. The van der Waals surface area contributed by atoms with Gasteiger partial charge in [-0.3, -0.25) is 0 Å². The van der Waals surface area contributed by atoms with Gasteiger partial charge in [-0.2, -0.15) is 0 Å². The molecular formula is C57H86N2O17S. The van der Waals surface area contributed by atoms with E-state index < -0.39 is 115 Å². The van der Waals surface area contributed by atoms with Crippen molar-refractivity contribution in [2.24, 2.45) is 46.3 Å². The number of sulfonamides is 1. The molecule has 7 fully saturated rings. The highest BCUT2D eigenvalue weighted by atomic mass is 32.2. The van der Waals surface area contributed by atoms with Crippen molar-refractivity contribution in [1.82, 2.24) is 4.72 Å². The van der Waals surface area contributed by atoms with Gasteiger partial charge in [0.2, 0.25) is 10.0 Å². The Kier molecular flexibility index (Phi) is 16.8. The lowest BCUT2D eigenvalue weighted by atomic mass is 9.47. The van der Waals surface area contributed by atoms with Crippen molar-refractivity contribution in [3.05, 3.63) is 48.0 Å². The largest absolute Gasteiger partial charge is 0.394 e. The Bertz CT molecular complexity index is 2540. The second-order valence-corrected chi connectivity index (χ2v) is 26.7. The maximum absolute atomic E-state index is 13.7. The molecule has 19 nitrogen and oxygen atoms in total. The van der Waals surface area contributed by atoms with Crippen LogP contribution in [0.5, 0.6) is 0 Å². The van der Waals surface area contributed by atoms with Crippen molar-refractivity contribution in [3.8, 4) is 0 Å². The topological polar surface area (TPSA) is 276 Å². The zero-order chi connectivity index (χ0) is 55.2. The first-order chi connectivity index (χ1) is 36.5. The van der Waals surface area contributed by atoms with E-state index in [9.17, 15) is 49.3 Å². The fraction of sp³-hybridized carbons (Fsp3) is 0.789. The lowest BCUT2D eigenvalue weighted by Crippen LogP contribution is -2.66.